The maximum Gasteiger partial charge on any atom is 0.257 e. The molecule has 0 aliphatic rings. The molecule has 0 unspecified atom stereocenters. The molecule has 0 saturated heterocycles. The number of pyridine rings is 3. The zero-order valence-corrected chi connectivity index (χ0v) is 23.1. The minimum absolute atomic E-state index is 0.103. The fraction of sp³-hybridized carbons (Fsp3) is 0.161. The fourth-order valence-corrected chi connectivity index (χ4v) is 4.56. The summed E-state index contributed by atoms with van der Waals surface area (Å²) in [4.78, 5) is 35.3. The quantitative estimate of drug-likeness (QED) is 0.213. The molecule has 5 aromatic rings. The molecule has 0 saturated carbocycles. The minimum atomic E-state index is -0.722. The van der Waals surface area contributed by atoms with Gasteiger partial charge >= 0.3 is 0 Å². The Morgan fingerprint density at radius 3 is 2.33 bits per heavy atom. The van der Waals surface area contributed by atoms with Crippen molar-refractivity contribution in [2.75, 3.05) is 21.3 Å². The molecule has 0 fully saturated rings. The smallest absolute Gasteiger partial charge is 0.257 e. The van der Waals surface area contributed by atoms with E-state index >= 15 is 4.39 Å². The first kappa shape index (κ1) is 28.2. The van der Waals surface area contributed by atoms with Crippen molar-refractivity contribution in [1.82, 2.24) is 14.5 Å². The Morgan fingerprint density at radius 2 is 1.67 bits per heavy atom. The fourth-order valence-electron chi connectivity index (χ4n) is 4.56. The average molecular weight is 574 g/mol. The number of hydrogen-bond acceptors (Lipinski definition) is 8. The van der Waals surface area contributed by atoms with Gasteiger partial charge in [0.1, 0.15) is 11.3 Å². The van der Waals surface area contributed by atoms with Crippen LogP contribution in [0.4, 0.5) is 8.78 Å². The highest BCUT2D eigenvalue weighted by Gasteiger charge is 2.22. The van der Waals surface area contributed by atoms with E-state index < -0.39 is 22.8 Å². The summed E-state index contributed by atoms with van der Waals surface area (Å²) in [5, 5.41) is 0. The lowest BCUT2D eigenvalue weighted by molar-refractivity contribution is 0.0991. The van der Waals surface area contributed by atoms with E-state index in [4.69, 9.17) is 18.9 Å². The third-order valence-electron chi connectivity index (χ3n) is 6.56. The van der Waals surface area contributed by atoms with Gasteiger partial charge in [-0.3, -0.25) is 14.6 Å². The summed E-state index contributed by atoms with van der Waals surface area (Å²) in [6.07, 6.45) is 2.61. The van der Waals surface area contributed by atoms with Gasteiger partial charge in [0.15, 0.2) is 28.8 Å². The number of rotatable bonds is 9. The monoisotopic (exact) mass is 573 g/mol. The van der Waals surface area contributed by atoms with Crippen LogP contribution in [-0.2, 0) is 13.5 Å². The van der Waals surface area contributed by atoms with Crippen LogP contribution in [-0.4, -0.2) is 41.6 Å². The van der Waals surface area contributed by atoms with E-state index in [1.54, 1.807) is 13.1 Å². The van der Waals surface area contributed by atoms with E-state index in [1.165, 1.54) is 86.8 Å². The van der Waals surface area contributed by atoms with Crippen LogP contribution >= 0.6 is 0 Å². The van der Waals surface area contributed by atoms with Gasteiger partial charge in [-0.15, -0.1) is 0 Å². The second kappa shape index (κ2) is 11.7. The first-order valence-electron chi connectivity index (χ1n) is 12.6. The summed E-state index contributed by atoms with van der Waals surface area (Å²) in [6, 6.07) is 12.6. The number of ether oxygens (including phenoxy) is 4. The number of hydrogen-bond donors (Lipinski definition) is 0. The predicted molar refractivity (Wildman–Crippen MR) is 151 cm³/mol. The molecular formula is C31H25F2N3O6. The van der Waals surface area contributed by atoms with Crippen molar-refractivity contribution in [3.05, 3.63) is 100.0 Å². The van der Waals surface area contributed by atoms with Crippen LogP contribution < -0.4 is 24.4 Å². The summed E-state index contributed by atoms with van der Waals surface area (Å²) in [5.41, 5.74) is 0.937. The van der Waals surface area contributed by atoms with Crippen LogP contribution in [0.2, 0.25) is 0 Å². The normalized spacial score (nSPS) is 10.9. The molecule has 11 heteroatoms. The van der Waals surface area contributed by atoms with Gasteiger partial charge in [-0.2, -0.15) is 0 Å². The summed E-state index contributed by atoms with van der Waals surface area (Å²) in [7, 11) is 5.94. The topological polar surface area (TPSA) is 102 Å². The van der Waals surface area contributed by atoms with Gasteiger partial charge in [0, 0.05) is 38.0 Å². The standard InChI is InChI=1S/C31H25F2N3O6/c1-36-16-20(29(38)27(31(36)41-4)18-6-8-19(32)9-7-18)23(37)14-17-5-10-24(21(33)13-17)42-25-11-12-34-22-15-26(39-2)30(40-3)35-28(22)25/h5-13,15-16H,14H2,1-4H3. The van der Waals surface area contributed by atoms with E-state index in [1.807, 2.05) is 0 Å². The Labute approximate surface area is 238 Å². The van der Waals surface area contributed by atoms with Gasteiger partial charge in [-0.05, 0) is 35.4 Å². The summed E-state index contributed by atoms with van der Waals surface area (Å²) in [5.74, 6) is -0.779. The highest BCUT2D eigenvalue weighted by Crippen LogP contribution is 2.35. The molecule has 42 heavy (non-hydrogen) atoms. The van der Waals surface area contributed by atoms with Crippen LogP contribution in [0.15, 0.2) is 71.8 Å². The molecule has 0 radical (unpaired) electrons. The highest BCUT2D eigenvalue weighted by atomic mass is 19.1. The molecule has 0 N–H and O–H groups in total. The van der Waals surface area contributed by atoms with Crippen molar-refractivity contribution in [1.29, 1.82) is 0 Å². The van der Waals surface area contributed by atoms with E-state index in [9.17, 15) is 14.0 Å². The number of benzene rings is 2. The predicted octanol–water partition coefficient (Wildman–Crippen LogP) is 5.52. The number of nitrogens with zero attached hydrogens (tertiary/aromatic N) is 3. The lowest BCUT2D eigenvalue weighted by atomic mass is 9.99. The number of halogens is 2. The maximum atomic E-state index is 15.2. The van der Waals surface area contributed by atoms with Crippen molar-refractivity contribution < 1.29 is 32.5 Å². The van der Waals surface area contributed by atoms with Crippen LogP contribution in [0.1, 0.15) is 15.9 Å². The third kappa shape index (κ3) is 5.36. The third-order valence-corrected chi connectivity index (χ3v) is 6.56. The second-order valence-electron chi connectivity index (χ2n) is 9.22. The number of carbonyl (C=O) groups excluding carboxylic acids is 1. The number of fused-ring (bicyclic) bond motifs is 1. The lowest BCUT2D eigenvalue weighted by Gasteiger charge is -2.15. The highest BCUT2D eigenvalue weighted by molar-refractivity contribution is 5.98. The van der Waals surface area contributed by atoms with E-state index in [0.717, 1.165) is 0 Å². The molecule has 0 bridgehead atoms. The number of ketones is 1. The molecule has 214 valence electrons. The first-order valence-corrected chi connectivity index (χ1v) is 12.6. The zero-order valence-electron chi connectivity index (χ0n) is 23.1. The van der Waals surface area contributed by atoms with Crippen molar-refractivity contribution in [3.8, 4) is 40.1 Å². The summed E-state index contributed by atoms with van der Waals surface area (Å²) in [6.45, 7) is 0. The van der Waals surface area contributed by atoms with Crippen molar-refractivity contribution >= 4 is 16.8 Å². The lowest BCUT2D eigenvalue weighted by Crippen LogP contribution is -2.22. The SMILES string of the molecule is COc1cc2nccc(Oc3ccc(CC(=O)c4cn(C)c(OC)c(-c5ccc(F)cc5)c4=O)cc3F)c2nc1OC. The van der Waals surface area contributed by atoms with Gasteiger partial charge in [0.05, 0.1) is 38.0 Å². The summed E-state index contributed by atoms with van der Waals surface area (Å²) >= 11 is 0. The second-order valence-corrected chi connectivity index (χ2v) is 9.22. The Morgan fingerprint density at radius 1 is 0.905 bits per heavy atom. The largest absolute Gasteiger partial charge is 0.491 e. The van der Waals surface area contributed by atoms with Gasteiger partial charge < -0.3 is 23.5 Å². The van der Waals surface area contributed by atoms with Crippen LogP contribution in [0.3, 0.4) is 0 Å². The number of carbonyl (C=O) groups is 1. The average Bonchev–Trinajstić information content (AvgIpc) is 2.99. The molecule has 0 aliphatic carbocycles. The summed E-state index contributed by atoms with van der Waals surface area (Å²) < 4.78 is 51.9. The molecule has 0 atom stereocenters. The van der Waals surface area contributed by atoms with Gasteiger partial charge in [-0.25, -0.2) is 13.8 Å². The zero-order chi connectivity index (χ0) is 30.0. The molecule has 3 aromatic heterocycles. The van der Waals surface area contributed by atoms with E-state index in [0.29, 0.717) is 27.9 Å². The van der Waals surface area contributed by atoms with E-state index in [2.05, 4.69) is 9.97 Å². The molecule has 3 heterocycles. The van der Waals surface area contributed by atoms with Crippen molar-refractivity contribution in [2.45, 2.75) is 6.42 Å². The van der Waals surface area contributed by atoms with Gasteiger partial charge in [0.25, 0.3) is 5.88 Å². The van der Waals surface area contributed by atoms with Crippen molar-refractivity contribution in [3.63, 3.8) is 0 Å². The molecule has 0 aliphatic heterocycles. The van der Waals surface area contributed by atoms with Crippen molar-refractivity contribution in [2.24, 2.45) is 7.05 Å². The first-order chi connectivity index (χ1) is 20.2. The molecule has 0 amide bonds. The number of aryl methyl sites for hydroxylation is 1. The number of aromatic nitrogens is 3. The van der Waals surface area contributed by atoms with Crippen LogP contribution in [0, 0.1) is 11.6 Å². The Kier molecular flexibility index (Phi) is 7.83. The van der Waals surface area contributed by atoms with Crippen LogP contribution in [0.25, 0.3) is 22.2 Å². The Bertz CT molecular complexity index is 1870. The van der Waals surface area contributed by atoms with E-state index in [-0.39, 0.29) is 40.8 Å². The molecule has 5 rings (SSSR count). The number of methoxy groups -OCH3 is 3. The van der Waals surface area contributed by atoms with Gasteiger partial charge in [0.2, 0.25) is 11.3 Å². The Balaban J connectivity index is 1.43. The van der Waals surface area contributed by atoms with Crippen LogP contribution in [0.5, 0.6) is 29.0 Å². The molecule has 0 spiro atoms. The molecule has 9 nitrogen and oxygen atoms in total. The Hall–Kier alpha value is -5.32. The number of Topliss-reactive ketones (excluding diaryl/α,β-unsaturated/α-hetero) is 1. The molecule has 2 aromatic carbocycles. The molecular weight excluding hydrogens is 548 g/mol. The maximum absolute atomic E-state index is 15.2. The minimum Gasteiger partial charge on any atom is -0.491 e. The van der Waals surface area contributed by atoms with Gasteiger partial charge in [-0.1, -0.05) is 18.2 Å².